The number of carbonyl (C=O) groups is 2. The van der Waals surface area contributed by atoms with Gasteiger partial charge in [-0.3, -0.25) is 18.7 Å². The summed E-state index contributed by atoms with van der Waals surface area (Å²) < 4.78 is 76.4. The molecule has 0 bridgehead atoms. The summed E-state index contributed by atoms with van der Waals surface area (Å²) in [6.45, 7) is 3.08. The Bertz CT molecular complexity index is 2330. The molecule has 0 spiro atoms. The summed E-state index contributed by atoms with van der Waals surface area (Å²) >= 11 is 0. The maximum atomic E-state index is 14.5. The van der Waals surface area contributed by atoms with Crippen LogP contribution in [0.2, 0.25) is 0 Å². The average Bonchev–Trinajstić information content (AvgIpc) is 3.68. The number of nitrogens with one attached hydrogen (secondary N) is 1. The molecule has 0 aliphatic carbocycles. The lowest BCUT2D eigenvalue weighted by molar-refractivity contribution is -0.146. The molecule has 6 rings (SSSR count). The summed E-state index contributed by atoms with van der Waals surface area (Å²) in [6, 6.07) is 11.3. The molecule has 3 unspecified atom stereocenters. The smallest absolute Gasteiger partial charge is 0.459 e. The highest BCUT2D eigenvalue weighted by molar-refractivity contribution is 7.52. The number of benzene rings is 3. The molecule has 1 aliphatic heterocycles. The van der Waals surface area contributed by atoms with Crippen LogP contribution in [0.4, 0.5) is 14.7 Å². The number of nitrogens with zero attached hydrogens (tertiary/aromatic N) is 4. The lowest BCUT2D eigenvalue weighted by Crippen LogP contribution is -2.44. The fourth-order valence-electron chi connectivity index (χ4n) is 6.08. The Hall–Kier alpha value is -5.30. The van der Waals surface area contributed by atoms with Crippen molar-refractivity contribution in [1.29, 1.82) is 0 Å². The highest BCUT2D eigenvalue weighted by atomic mass is 31.2. The minimum atomic E-state index is -4.62. The Balaban J connectivity index is 1.24. The van der Waals surface area contributed by atoms with Crippen LogP contribution in [0.25, 0.3) is 21.9 Å². The van der Waals surface area contributed by atoms with Crippen LogP contribution in [-0.4, -0.2) is 86.3 Å². The first kappa shape index (κ1) is 40.4. The van der Waals surface area contributed by atoms with E-state index in [-0.39, 0.29) is 34.3 Å². The zero-order chi connectivity index (χ0) is 40.5. The number of imidazole rings is 1. The number of fused-ring (bicyclic) bond motifs is 2. The molecule has 5 aromatic rings. The second kappa shape index (κ2) is 16.0. The lowest BCUT2D eigenvalue weighted by Gasteiger charge is -2.27. The Morgan fingerprint density at radius 2 is 1.80 bits per heavy atom. The van der Waals surface area contributed by atoms with Crippen LogP contribution in [-0.2, 0) is 39.5 Å². The third-order valence-corrected chi connectivity index (χ3v) is 10.9. The number of hydrogen-bond donors (Lipinski definition) is 4. The lowest BCUT2D eigenvalue weighted by atomic mass is 9.96. The molecule has 298 valence electrons. The standard InChI is InChI=1S/C36H39F2N6O11P/c1-18(32(46)51-5)20-6-7-22-13-25(11-9-21(22)12-20)55-56(49,43-19(2)33(47)52-15-23-8-10-24(37)14-26(23)38)53-16-27-29(45)36(3,48)34(54-27)44-17-40-28-30(44)41-35(39)42-31(28)50-4/h6-14,17-19,27,29,34,45,48H,15-16H2,1-5H3,(H,43,49)(H2,39,41,42)/t18?,19-,27+,29+,34?,36+,56?/m0/s1. The minimum absolute atomic E-state index is 0.0323. The van der Waals surface area contributed by atoms with Crippen molar-refractivity contribution in [2.24, 2.45) is 0 Å². The topological polar surface area (TPSA) is 229 Å². The fraction of sp³-hybridized carbons (Fsp3) is 0.361. The quantitative estimate of drug-likeness (QED) is 0.0917. The molecule has 5 N–H and O–H groups in total. The largest absolute Gasteiger partial charge is 0.479 e. The molecule has 7 atom stereocenters. The van der Waals surface area contributed by atoms with Crippen LogP contribution < -0.4 is 20.1 Å². The Morgan fingerprint density at radius 1 is 1.07 bits per heavy atom. The van der Waals surface area contributed by atoms with Gasteiger partial charge in [0.25, 0.3) is 0 Å². The second-order valence-electron chi connectivity index (χ2n) is 13.2. The van der Waals surface area contributed by atoms with Crippen molar-refractivity contribution in [3.63, 3.8) is 0 Å². The Kier molecular flexibility index (Phi) is 11.6. The first-order chi connectivity index (χ1) is 26.5. The highest BCUT2D eigenvalue weighted by Crippen LogP contribution is 2.48. The number of methoxy groups -OCH3 is 2. The van der Waals surface area contributed by atoms with Crippen molar-refractivity contribution >= 4 is 47.6 Å². The van der Waals surface area contributed by atoms with Crippen LogP contribution >= 0.6 is 7.75 Å². The van der Waals surface area contributed by atoms with Crippen LogP contribution in [0.3, 0.4) is 0 Å². The van der Waals surface area contributed by atoms with Crippen molar-refractivity contribution < 1.29 is 61.1 Å². The number of anilines is 1. The highest BCUT2D eigenvalue weighted by Gasteiger charge is 2.54. The third kappa shape index (κ3) is 8.28. The van der Waals surface area contributed by atoms with Gasteiger partial charge in [0.2, 0.25) is 11.8 Å². The number of esters is 2. The average molecular weight is 801 g/mol. The summed E-state index contributed by atoms with van der Waals surface area (Å²) in [5.74, 6) is -3.73. The molecule has 0 radical (unpaired) electrons. The first-order valence-corrected chi connectivity index (χ1v) is 18.6. The van der Waals surface area contributed by atoms with E-state index in [4.69, 9.17) is 33.7 Å². The van der Waals surface area contributed by atoms with E-state index in [9.17, 15) is 33.1 Å². The summed E-state index contributed by atoms with van der Waals surface area (Å²) in [6.07, 6.45) is -3.02. The van der Waals surface area contributed by atoms with Gasteiger partial charge in [0.05, 0.1) is 33.1 Å². The molecule has 3 aromatic carbocycles. The van der Waals surface area contributed by atoms with Crippen LogP contribution in [0, 0.1) is 11.6 Å². The van der Waals surface area contributed by atoms with E-state index >= 15 is 0 Å². The first-order valence-electron chi connectivity index (χ1n) is 17.1. The van der Waals surface area contributed by atoms with Crippen molar-refractivity contribution in [3.8, 4) is 11.6 Å². The molecule has 1 fully saturated rings. The minimum Gasteiger partial charge on any atom is -0.479 e. The van der Waals surface area contributed by atoms with Gasteiger partial charge in [-0.2, -0.15) is 15.1 Å². The SMILES string of the molecule is COC(=O)C(C)c1ccc2cc(OP(=O)(N[C@@H](C)C(=O)OCc3ccc(F)cc3F)OC[C@H]3OC(n4cnc5c(OC)nc(N)nc54)[C@](C)(O)[C@@H]3O)ccc2c1. The Labute approximate surface area is 318 Å². The number of rotatable bonds is 14. The number of nitrogen functional groups attached to an aromatic ring is 1. The number of nitrogens with two attached hydrogens (primary N) is 1. The molecule has 0 amide bonds. The maximum Gasteiger partial charge on any atom is 0.459 e. The van der Waals surface area contributed by atoms with E-state index in [1.54, 1.807) is 37.3 Å². The van der Waals surface area contributed by atoms with Gasteiger partial charge in [0.15, 0.2) is 17.4 Å². The van der Waals surface area contributed by atoms with Crippen LogP contribution in [0.1, 0.15) is 44.0 Å². The van der Waals surface area contributed by atoms with Gasteiger partial charge in [-0.25, -0.2) is 18.3 Å². The molecule has 2 aromatic heterocycles. The molecule has 3 heterocycles. The van der Waals surface area contributed by atoms with E-state index in [2.05, 4.69) is 20.0 Å². The molecule has 1 aliphatic rings. The van der Waals surface area contributed by atoms with E-state index in [0.29, 0.717) is 22.4 Å². The van der Waals surface area contributed by atoms with Crippen molar-refractivity contribution in [3.05, 3.63) is 83.7 Å². The number of halogens is 2. The van der Waals surface area contributed by atoms with Gasteiger partial charge in [-0.15, -0.1) is 0 Å². The molecule has 0 saturated carbocycles. The normalized spacial score (nSPS) is 21.7. The van der Waals surface area contributed by atoms with Gasteiger partial charge in [-0.1, -0.05) is 24.3 Å². The Morgan fingerprint density at radius 3 is 2.52 bits per heavy atom. The van der Waals surface area contributed by atoms with E-state index < -0.39 is 80.5 Å². The van der Waals surface area contributed by atoms with Crippen molar-refractivity contribution in [2.75, 3.05) is 26.6 Å². The van der Waals surface area contributed by atoms with Gasteiger partial charge in [0, 0.05) is 11.6 Å². The van der Waals surface area contributed by atoms with Gasteiger partial charge < -0.3 is 39.4 Å². The van der Waals surface area contributed by atoms with Crippen LogP contribution in [0.5, 0.6) is 11.6 Å². The monoisotopic (exact) mass is 800 g/mol. The van der Waals surface area contributed by atoms with Crippen molar-refractivity contribution in [2.45, 2.75) is 63.4 Å². The van der Waals surface area contributed by atoms with Crippen molar-refractivity contribution in [1.82, 2.24) is 24.6 Å². The summed E-state index contributed by atoms with van der Waals surface area (Å²) in [7, 11) is -1.96. The number of ether oxygens (including phenoxy) is 4. The molecule has 20 heteroatoms. The number of aromatic nitrogens is 4. The number of aliphatic hydroxyl groups is 2. The van der Waals surface area contributed by atoms with E-state index in [1.165, 1.54) is 45.0 Å². The molecular formula is C36H39F2N6O11P. The molecule has 56 heavy (non-hydrogen) atoms. The van der Waals surface area contributed by atoms with E-state index in [0.717, 1.165) is 12.1 Å². The van der Waals surface area contributed by atoms with Gasteiger partial charge in [-0.05, 0) is 61.4 Å². The van der Waals surface area contributed by atoms with Gasteiger partial charge >= 0.3 is 19.7 Å². The molecule has 1 saturated heterocycles. The summed E-state index contributed by atoms with van der Waals surface area (Å²) in [4.78, 5) is 37.5. The molecular weight excluding hydrogens is 761 g/mol. The second-order valence-corrected chi connectivity index (χ2v) is 14.9. The van der Waals surface area contributed by atoms with E-state index in [1.807, 2.05) is 0 Å². The van der Waals surface area contributed by atoms with Crippen LogP contribution in [0.15, 0.2) is 60.9 Å². The predicted octanol–water partition coefficient (Wildman–Crippen LogP) is 4.06. The summed E-state index contributed by atoms with van der Waals surface area (Å²) in [5.41, 5.74) is 4.77. The third-order valence-electron chi connectivity index (χ3n) is 9.22. The maximum absolute atomic E-state index is 14.5. The fourth-order valence-corrected chi connectivity index (χ4v) is 7.58. The zero-order valence-corrected chi connectivity index (χ0v) is 31.6. The summed E-state index contributed by atoms with van der Waals surface area (Å²) in [5, 5.41) is 26.5. The predicted molar refractivity (Wildman–Crippen MR) is 194 cm³/mol. The number of carbonyl (C=O) groups excluding carboxylic acids is 2. The number of hydrogen-bond acceptors (Lipinski definition) is 15. The number of aliphatic hydroxyl groups excluding tert-OH is 1. The van der Waals surface area contributed by atoms with Gasteiger partial charge in [0.1, 0.15) is 47.8 Å². The molecule has 17 nitrogen and oxygen atoms in total. The zero-order valence-electron chi connectivity index (χ0n) is 30.7.